The Kier molecular flexibility index (Phi) is 3.87. The lowest BCUT2D eigenvalue weighted by atomic mass is 10.3. The van der Waals surface area contributed by atoms with Crippen LogP contribution in [0.5, 0.6) is 0 Å². The molecule has 2 rings (SSSR count). The summed E-state index contributed by atoms with van der Waals surface area (Å²) in [7, 11) is 0. The second-order valence-electron chi connectivity index (χ2n) is 3.48. The lowest BCUT2D eigenvalue weighted by Gasteiger charge is -2.00. The van der Waals surface area contributed by atoms with Gasteiger partial charge in [0.25, 0.3) is 0 Å². The van der Waals surface area contributed by atoms with Crippen molar-refractivity contribution in [1.82, 2.24) is 14.9 Å². The number of rotatable bonds is 5. The fourth-order valence-corrected chi connectivity index (χ4v) is 2.86. The summed E-state index contributed by atoms with van der Waals surface area (Å²) >= 11 is 2.66. The van der Waals surface area contributed by atoms with Crippen molar-refractivity contribution in [1.29, 1.82) is 0 Å². The predicted octanol–water partition coefficient (Wildman–Crippen LogP) is 1.46. The maximum absolute atomic E-state index is 10.5. The van der Waals surface area contributed by atoms with Gasteiger partial charge in [-0.15, -0.1) is 21.5 Å². The zero-order valence-electron chi connectivity index (χ0n) is 9.66. The number of nitrogens with zero attached hydrogens (tertiary/aromatic N) is 3. The third-order valence-corrected chi connectivity index (χ3v) is 4.37. The van der Waals surface area contributed by atoms with Crippen molar-refractivity contribution in [3.05, 3.63) is 17.0 Å². The van der Waals surface area contributed by atoms with Gasteiger partial charge < -0.3 is 10.9 Å². The van der Waals surface area contributed by atoms with E-state index in [1.807, 2.05) is 12.1 Å². The summed E-state index contributed by atoms with van der Waals surface area (Å²) in [4.78, 5) is 12.7. The number of aryl methyl sites for hydroxylation is 1. The van der Waals surface area contributed by atoms with Crippen LogP contribution in [-0.4, -0.2) is 31.7 Å². The van der Waals surface area contributed by atoms with Crippen LogP contribution in [0.3, 0.4) is 0 Å². The largest absolute Gasteiger partial charge is 0.481 e. The molecule has 2 heterocycles. The molecular formula is C10H12N4O2S2. The molecule has 2 aromatic heterocycles. The highest BCUT2D eigenvalue weighted by Crippen LogP contribution is 2.28. The van der Waals surface area contributed by atoms with E-state index in [-0.39, 0.29) is 5.75 Å². The molecule has 0 saturated carbocycles. The fourth-order valence-electron chi connectivity index (χ4n) is 1.36. The molecule has 0 aliphatic rings. The third kappa shape index (κ3) is 2.65. The van der Waals surface area contributed by atoms with Crippen LogP contribution in [0.4, 0.5) is 0 Å². The maximum atomic E-state index is 10.5. The molecule has 0 saturated heterocycles. The van der Waals surface area contributed by atoms with Crippen LogP contribution < -0.4 is 5.84 Å². The summed E-state index contributed by atoms with van der Waals surface area (Å²) in [6.07, 6.45) is 0.962. The Hall–Kier alpha value is -1.54. The molecule has 96 valence electrons. The van der Waals surface area contributed by atoms with E-state index in [9.17, 15) is 4.79 Å². The number of carboxylic acids is 1. The first-order valence-corrected chi connectivity index (χ1v) is 7.06. The van der Waals surface area contributed by atoms with Gasteiger partial charge in [-0.1, -0.05) is 18.7 Å². The van der Waals surface area contributed by atoms with Crippen molar-refractivity contribution >= 4 is 29.1 Å². The predicted molar refractivity (Wildman–Crippen MR) is 71.2 cm³/mol. The zero-order chi connectivity index (χ0) is 13.1. The Morgan fingerprint density at radius 1 is 1.56 bits per heavy atom. The first-order valence-electron chi connectivity index (χ1n) is 5.26. The zero-order valence-corrected chi connectivity index (χ0v) is 11.3. The van der Waals surface area contributed by atoms with E-state index in [2.05, 4.69) is 17.1 Å². The van der Waals surface area contributed by atoms with E-state index in [1.165, 1.54) is 9.55 Å². The summed E-state index contributed by atoms with van der Waals surface area (Å²) in [5, 5.41) is 16.9. The van der Waals surface area contributed by atoms with Crippen LogP contribution in [-0.2, 0) is 11.2 Å². The van der Waals surface area contributed by atoms with E-state index in [0.29, 0.717) is 11.0 Å². The summed E-state index contributed by atoms with van der Waals surface area (Å²) in [6, 6.07) is 3.97. The number of nitrogens with two attached hydrogens (primary N) is 1. The van der Waals surface area contributed by atoms with Gasteiger partial charge in [-0.25, -0.2) is 4.68 Å². The topological polar surface area (TPSA) is 94.0 Å². The Morgan fingerprint density at radius 2 is 2.33 bits per heavy atom. The molecule has 3 N–H and O–H groups in total. The molecule has 0 amide bonds. The average molecular weight is 284 g/mol. The minimum Gasteiger partial charge on any atom is -0.481 e. The molecule has 0 bridgehead atoms. The van der Waals surface area contributed by atoms with Crippen molar-refractivity contribution in [2.24, 2.45) is 0 Å². The standard InChI is InChI=1S/C10H12N4O2S2/c1-2-6-3-4-7(18-6)9-12-13-10(14(9)11)17-5-8(15)16/h3-4H,2,5,11H2,1H3,(H,15,16). The minimum atomic E-state index is -0.908. The van der Waals surface area contributed by atoms with Gasteiger partial charge in [0.15, 0.2) is 5.82 Å². The van der Waals surface area contributed by atoms with Crippen LogP contribution in [0.15, 0.2) is 17.3 Å². The van der Waals surface area contributed by atoms with Gasteiger partial charge in [0.1, 0.15) is 0 Å². The highest BCUT2D eigenvalue weighted by molar-refractivity contribution is 7.99. The molecule has 0 spiro atoms. The average Bonchev–Trinajstić information content (AvgIpc) is 2.93. The SMILES string of the molecule is CCc1ccc(-c2nnc(SCC(=O)O)n2N)s1. The Balaban J connectivity index is 2.22. The van der Waals surface area contributed by atoms with Crippen molar-refractivity contribution in [2.75, 3.05) is 11.6 Å². The smallest absolute Gasteiger partial charge is 0.313 e. The summed E-state index contributed by atoms with van der Waals surface area (Å²) in [6.45, 7) is 2.08. The molecule has 8 heteroatoms. The fraction of sp³-hybridized carbons (Fsp3) is 0.300. The Bertz CT molecular complexity index is 564. The number of aromatic nitrogens is 3. The number of thioether (sulfide) groups is 1. The molecular weight excluding hydrogens is 272 g/mol. The lowest BCUT2D eigenvalue weighted by molar-refractivity contribution is -0.133. The number of carbonyl (C=O) groups is 1. The van der Waals surface area contributed by atoms with Gasteiger partial charge in [0.05, 0.1) is 10.6 Å². The van der Waals surface area contributed by atoms with Gasteiger partial charge in [-0.05, 0) is 18.6 Å². The van der Waals surface area contributed by atoms with E-state index in [0.717, 1.165) is 23.1 Å². The number of carboxylic acid groups (broad SMARTS) is 1. The van der Waals surface area contributed by atoms with Crippen molar-refractivity contribution in [3.63, 3.8) is 0 Å². The quantitative estimate of drug-likeness (QED) is 0.637. The monoisotopic (exact) mass is 284 g/mol. The molecule has 0 aliphatic heterocycles. The van der Waals surface area contributed by atoms with Crippen molar-refractivity contribution < 1.29 is 9.90 Å². The number of hydrogen-bond acceptors (Lipinski definition) is 6. The van der Waals surface area contributed by atoms with Crippen LogP contribution in [0.1, 0.15) is 11.8 Å². The highest BCUT2D eigenvalue weighted by atomic mass is 32.2. The number of aliphatic carboxylic acids is 1. The second kappa shape index (κ2) is 5.40. The molecule has 0 radical (unpaired) electrons. The summed E-state index contributed by atoms with van der Waals surface area (Å²) in [5.41, 5.74) is 0. The molecule has 6 nitrogen and oxygen atoms in total. The molecule has 18 heavy (non-hydrogen) atoms. The minimum absolute atomic E-state index is 0.0833. The summed E-state index contributed by atoms with van der Waals surface area (Å²) in [5.74, 6) is 5.43. The van der Waals surface area contributed by atoms with Gasteiger partial charge in [-0.2, -0.15) is 0 Å². The molecule has 2 aromatic rings. The molecule has 0 aliphatic carbocycles. The summed E-state index contributed by atoms with van der Waals surface area (Å²) < 4.78 is 1.33. The van der Waals surface area contributed by atoms with Crippen LogP contribution in [0.25, 0.3) is 10.7 Å². The van der Waals surface area contributed by atoms with E-state index >= 15 is 0 Å². The number of nitrogen functional groups attached to an aromatic ring is 1. The number of thiophene rings is 1. The normalized spacial score (nSPS) is 10.7. The van der Waals surface area contributed by atoms with E-state index in [4.69, 9.17) is 10.9 Å². The Morgan fingerprint density at radius 3 is 2.94 bits per heavy atom. The van der Waals surface area contributed by atoms with Crippen LogP contribution >= 0.6 is 23.1 Å². The van der Waals surface area contributed by atoms with Gasteiger partial charge in [0, 0.05) is 4.88 Å². The van der Waals surface area contributed by atoms with Gasteiger partial charge in [-0.3, -0.25) is 4.79 Å². The van der Waals surface area contributed by atoms with Gasteiger partial charge in [0.2, 0.25) is 5.16 Å². The first-order chi connectivity index (χ1) is 8.61. The molecule has 0 unspecified atom stereocenters. The van der Waals surface area contributed by atoms with Crippen LogP contribution in [0, 0.1) is 0 Å². The third-order valence-electron chi connectivity index (χ3n) is 2.22. The second-order valence-corrected chi connectivity index (χ2v) is 5.59. The van der Waals surface area contributed by atoms with Crippen molar-refractivity contribution in [3.8, 4) is 10.7 Å². The first kappa shape index (κ1) is 12.9. The van der Waals surface area contributed by atoms with Crippen LogP contribution in [0.2, 0.25) is 0 Å². The highest BCUT2D eigenvalue weighted by Gasteiger charge is 2.14. The van der Waals surface area contributed by atoms with Crippen molar-refractivity contribution in [2.45, 2.75) is 18.5 Å². The molecule has 0 aromatic carbocycles. The van der Waals surface area contributed by atoms with E-state index in [1.54, 1.807) is 11.3 Å². The maximum Gasteiger partial charge on any atom is 0.313 e. The van der Waals surface area contributed by atoms with E-state index < -0.39 is 5.97 Å². The Labute approximate surface area is 112 Å². The molecule has 0 fully saturated rings. The lowest BCUT2D eigenvalue weighted by Crippen LogP contribution is -2.12. The van der Waals surface area contributed by atoms with Gasteiger partial charge >= 0.3 is 5.97 Å². The number of hydrogen-bond donors (Lipinski definition) is 2. The molecule has 0 atom stereocenters.